The van der Waals surface area contributed by atoms with Crippen LogP contribution in [0.2, 0.25) is 0 Å². The van der Waals surface area contributed by atoms with Crippen LogP contribution in [-0.4, -0.2) is 31.5 Å². The van der Waals surface area contributed by atoms with Crippen molar-refractivity contribution in [3.63, 3.8) is 0 Å². The highest BCUT2D eigenvalue weighted by Crippen LogP contribution is 2.12. The van der Waals surface area contributed by atoms with Crippen molar-refractivity contribution in [2.75, 3.05) is 31.2 Å². The molecule has 4 nitrogen and oxygen atoms in total. The number of hydrogen-bond acceptors (Lipinski definition) is 4. The summed E-state index contributed by atoms with van der Waals surface area (Å²) in [5.74, 6) is 0. The van der Waals surface area contributed by atoms with Gasteiger partial charge in [0.05, 0.1) is 13.2 Å². The van der Waals surface area contributed by atoms with Crippen molar-refractivity contribution >= 4 is 5.69 Å². The molecule has 0 bridgehead atoms. The predicted molar refractivity (Wildman–Crippen MR) is 38.4 cm³/mol. The van der Waals surface area contributed by atoms with Crippen molar-refractivity contribution in [3.05, 3.63) is 12.5 Å². The highest BCUT2D eigenvalue weighted by Gasteiger charge is 2.12. The van der Waals surface area contributed by atoms with Gasteiger partial charge in [0.2, 0.25) is 0 Å². The van der Waals surface area contributed by atoms with Crippen LogP contribution in [0.15, 0.2) is 10.8 Å². The van der Waals surface area contributed by atoms with Crippen molar-refractivity contribution in [3.8, 4) is 0 Å². The average Bonchev–Trinajstić information content (AvgIpc) is 2.58. The van der Waals surface area contributed by atoms with Gasteiger partial charge in [0, 0.05) is 13.1 Å². The number of nitrogens with zero attached hydrogens (tertiary/aromatic N) is 2. The Morgan fingerprint density at radius 3 is 2.91 bits per heavy atom. The Morgan fingerprint density at radius 2 is 2.27 bits per heavy atom. The first kappa shape index (κ1) is 6.67. The highest BCUT2D eigenvalue weighted by atomic mass is 16.5. The molecule has 0 saturated carbocycles. The Kier molecular flexibility index (Phi) is 1.77. The Morgan fingerprint density at radius 1 is 1.45 bits per heavy atom. The molecule has 59 valence electrons. The number of morpholine rings is 1. The molecule has 2 rings (SSSR count). The minimum Gasteiger partial charge on any atom is -0.378 e. The second-order valence-corrected chi connectivity index (χ2v) is 2.41. The fourth-order valence-electron chi connectivity index (χ4n) is 1.13. The second kappa shape index (κ2) is 2.92. The van der Waals surface area contributed by atoms with Crippen LogP contribution >= 0.6 is 0 Å². The zero-order valence-corrected chi connectivity index (χ0v) is 6.12. The fraction of sp³-hybridized carbons (Fsp3) is 0.571. The molecule has 0 amide bonds. The van der Waals surface area contributed by atoms with E-state index in [0.29, 0.717) is 0 Å². The van der Waals surface area contributed by atoms with E-state index in [-0.39, 0.29) is 0 Å². The molecule has 4 heteroatoms. The number of anilines is 1. The molecule has 11 heavy (non-hydrogen) atoms. The summed E-state index contributed by atoms with van der Waals surface area (Å²) in [5, 5.41) is 3.51. The van der Waals surface area contributed by atoms with E-state index >= 15 is 0 Å². The van der Waals surface area contributed by atoms with Gasteiger partial charge in [-0.2, -0.15) is 0 Å². The van der Waals surface area contributed by atoms with Gasteiger partial charge in [-0.25, -0.2) is 0 Å². The molecule has 1 fully saturated rings. The van der Waals surface area contributed by atoms with Gasteiger partial charge in [0.15, 0.2) is 6.20 Å². The maximum Gasteiger partial charge on any atom is 0.161 e. The van der Waals surface area contributed by atoms with E-state index in [9.17, 15) is 0 Å². The van der Waals surface area contributed by atoms with Crippen molar-refractivity contribution in [1.82, 2.24) is 5.16 Å². The zero-order valence-electron chi connectivity index (χ0n) is 6.12. The Bertz CT molecular complexity index is 204. The van der Waals surface area contributed by atoms with Crippen LogP contribution in [0.1, 0.15) is 0 Å². The lowest BCUT2D eigenvalue weighted by molar-refractivity contribution is 0.122. The molecule has 1 aromatic rings. The average molecular weight is 153 g/mol. The molecule has 0 unspecified atom stereocenters. The summed E-state index contributed by atoms with van der Waals surface area (Å²) < 4.78 is 9.87. The van der Waals surface area contributed by atoms with E-state index in [4.69, 9.17) is 4.74 Å². The largest absolute Gasteiger partial charge is 0.378 e. The Hall–Kier alpha value is -1.03. The van der Waals surface area contributed by atoms with E-state index in [0.717, 1.165) is 32.0 Å². The Balaban J connectivity index is 2.04. The van der Waals surface area contributed by atoms with Crippen LogP contribution in [0.3, 0.4) is 0 Å². The van der Waals surface area contributed by atoms with Crippen LogP contribution in [0.25, 0.3) is 0 Å². The summed E-state index contributed by atoms with van der Waals surface area (Å²) in [5.41, 5.74) is 0.924. The van der Waals surface area contributed by atoms with Crippen LogP contribution < -0.4 is 4.90 Å². The summed E-state index contributed by atoms with van der Waals surface area (Å²) in [6.07, 6.45) is 4.36. The maximum absolute atomic E-state index is 5.19. The molecule has 0 atom stereocenters. The fourth-order valence-corrected chi connectivity index (χ4v) is 1.13. The first-order valence-corrected chi connectivity index (χ1v) is 3.61. The van der Waals surface area contributed by atoms with Crippen LogP contribution in [0.4, 0.5) is 5.69 Å². The summed E-state index contributed by atoms with van der Waals surface area (Å²) in [4.78, 5) is 2.14. The van der Waals surface area contributed by atoms with Crippen molar-refractivity contribution in [2.24, 2.45) is 0 Å². The van der Waals surface area contributed by atoms with E-state index in [2.05, 4.69) is 20.8 Å². The topological polar surface area (TPSA) is 38.5 Å². The van der Waals surface area contributed by atoms with Gasteiger partial charge in [-0.05, 0) is 0 Å². The van der Waals surface area contributed by atoms with Gasteiger partial charge in [0.25, 0.3) is 0 Å². The summed E-state index contributed by atoms with van der Waals surface area (Å²) >= 11 is 0. The third kappa shape index (κ3) is 1.35. The van der Waals surface area contributed by atoms with Crippen LogP contribution in [-0.2, 0) is 4.74 Å². The van der Waals surface area contributed by atoms with Gasteiger partial charge >= 0.3 is 0 Å². The molecule has 0 spiro atoms. The third-order valence-corrected chi connectivity index (χ3v) is 1.73. The minimum absolute atomic E-state index is 0.777. The Labute approximate surface area is 64.7 Å². The number of ether oxygens (including phenoxy) is 1. The van der Waals surface area contributed by atoms with Gasteiger partial charge in [0.1, 0.15) is 12.0 Å². The number of aromatic nitrogens is 1. The lowest BCUT2D eigenvalue weighted by atomic mass is 10.4. The SMILES string of the molecule is [c]1nocc1N1CCOCC1. The summed E-state index contributed by atoms with van der Waals surface area (Å²) in [7, 11) is 0. The smallest absolute Gasteiger partial charge is 0.161 e. The highest BCUT2D eigenvalue weighted by molar-refractivity contribution is 5.39. The van der Waals surface area contributed by atoms with Crippen molar-refractivity contribution in [2.45, 2.75) is 0 Å². The molecule has 1 radical (unpaired) electrons. The molecular formula is C7H9N2O2. The molecule has 1 aromatic heterocycles. The molecule has 0 aromatic carbocycles. The van der Waals surface area contributed by atoms with Crippen molar-refractivity contribution in [1.29, 1.82) is 0 Å². The van der Waals surface area contributed by atoms with Gasteiger partial charge < -0.3 is 14.2 Å². The third-order valence-electron chi connectivity index (χ3n) is 1.73. The van der Waals surface area contributed by atoms with Gasteiger partial charge in [-0.3, -0.25) is 0 Å². The molecule has 1 aliphatic heterocycles. The molecule has 0 aliphatic carbocycles. The first-order valence-electron chi connectivity index (χ1n) is 3.61. The normalized spacial score (nSPS) is 18.7. The molecule has 2 heterocycles. The van der Waals surface area contributed by atoms with Gasteiger partial charge in [-0.1, -0.05) is 5.16 Å². The maximum atomic E-state index is 5.19. The van der Waals surface area contributed by atoms with E-state index < -0.39 is 0 Å². The summed E-state index contributed by atoms with van der Waals surface area (Å²) in [6, 6.07) is 0. The van der Waals surface area contributed by atoms with Crippen LogP contribution in [0.5, 0.6) is 0 Å². The van der Waals surface area contributed by atoms with E-state index in [1.807, 2.05) is 0 Å². The quantitative estimate of drug-likeness (QED) is 0.582. The lowest BCUT2D eigenvalue weighted by Crippen LogP contribution is -2.35. The van der Waals surface area contributed by atoms with Gasteiger partial charge in [-0.15, -0.1) is 0 Å². The minimum atomic E-state index is 0.777. The van der Waals surface area contributed by atoms with E-state index in [1.165, 1.54) is 0 Å². The number of rotatable bonds is 1. The second-order valence-electron chi connectivity index (χ2n) is 2.41. The summed E-state index contributed by atoms with van der Waals surface area (Å²) in [6.45, 7) is 3.35. The standard InChI is InChI=1S/C7H9N2O2/c1-3-10-4-2-9(1)7-5-8-11-6-7/h6H,1-4H2. The number of hydrogen-bond donors (Lipinski definition) is 0. The monoisotopic (exact) mass is 153 g/mol. The first-order chi connectivity index (χ1) is 5.47. The molecule has 1 aliphatic rings. The van der Waals surface area contributed by atoms with Crippen LogP contribution in [0, 0.1) is 6.20 Å². The van der Waals surface area contributed by atoms with E-state index in [1.54, 1.807) is 6.26 Å². The predicted octanol–water partition coefficient (Wildman–Crippen LogP) is 0.311. The van der Waals surface area contributed by atoms with Crippen molar-refractivity contribution < 1.29 is 9.26 Å². The molecule has 1 saturated heterocycles. The lowest BCUT2D eigenvalue weighted by Gasteiger charge is -2.26. The zero-order chi connectivity index (χ0) is 7.52. The molecule has 0 N–H and O–H groups in total. The molecular weight excluding hydrogens is 144 g/mol.